The van der Waals surface area contributed by atoms with Crippen LogP contribution in [0, 0.1) is 0 Å². The van der Waals surface area contributed by atoms with Gasteiger partial charge in [0.25, 0.3) is 0 Å². The molecule has 0 unspecified atom stereocenters. The highest BCUT2D eigenvalue weighted by Crippen LogP contribution is 2.49. The van der Waals surface area contributed by atoms with Crippen LogP contribution in [0.15, 0.2) is 45.4 Å². The summed E-state index contributed by atoms with van der Waals surface area (Å²) in [7, 11) is 1.71. The van der Waals surface area contributed by atoms with Crippen molar-refractivity contribution in [1.29, 1.82) is 0 Å². The number of rotatable bonds is 10. The number of aliphatic imine (C=N–C) groups is 1. The van der Waals surface area contributed by atoms with Crippen LogP contribution < -0.4 is 10.1 Å². The molecule has 0 saturated heterocycles. The minimum atomic E-state index is -0.356. The van der Waals surface area contributed by atoms with Crippen molar-refractivity contribution < 1.29 is 18.8 Å². The number of amides is 1. The largest absolute Gasteiger partial charge is 0.485 e. The standard InChI is InChI=1S/C24H31ClN4O4/c1-16(2)10-18(26-5)11-31-13-21(30)28-24(4)14-23(3,15-24)22-27-20(29-33-22)12-32-19-8-6-17(25)7-9-19/h6-10H,11-15H2,1-5H3,(H,28,30). The van der Waals surface area contributed by atoms with Crippen LogP contribution in [0.25, 0.3) is 0 Å². The summed E-state index contributed by atoms with van der Waals surface area (Å²) in [5.74, 6) is 1.54. The maximum atomic E-state index is 12.4. The van der Waals surface area contributed by atoms with Crippen LogP contribution >= 0.6 is 11.6 Å². The summed E-state index contributed by atoms with van der Waals surface area (Å²) in [6, 6.07) is 7.08. The molecule has 8 nitrogen and oxygen atoms in total. The van der Waals surface area contributed by atoms with Crippen LogP contribution in [0.2, 0.25) is 5.02 Å². The van der Waals surface area contributed by atoms with Crippen LogP contribution in [-0.4, -0.2) is 47.6 Å². The predicted octanol–water partition coefficient (Wildman–Crippen LogP) is 4.28. The number of ether oxygens (including phenoxy) is 2. The molecule has 33 heavy (non-hydrogen) atoms. The number of allylic oxidation sites excluding steroid dienone is 1. The Bertz CT molecular complexity index is 1020. The van der Waals surface area contributed by atoms with Crippen LogP contribution in [0.1, 0.15) is 52.3 Å². The number of aromatic nitrogens is 2. The molecule has 1 fully saturated rings. The van der Waals surface area contributed by atoms with E-state index in [1.807, 2.05) is 26.8 Å². The fourth-order valence-electron chi connectivity index (χ4n) is 4.27. The molecule has 1 aromatic carbocycles. The summed E-state index contributed by atoms with van der Waals surface area (Å²) in [4.78, 5) is 21.0. The van der Waals surface area contributed by atoms with E-state index in [9.17, 15) is 4.79 Å². The van der Waals surface area contributed by atoms with E-state index in [2.05, 4.69) is 27.4 Å². The van der Waals surface area contributed by atoms with Gasteiger partial charge in [0.05, 0.1) is 17.7 Å². The Kier molecular flexibility index (Phi) is 7.92. The molecule has 1 amide bonds. The average molecular weight is 475 g/mol. The van der Waals surface area contributed by atoms with Gasteiger partial charge in [0.1, 0.15) is 12.4 Å². The van der Waals surface area contributed by atoms with Crippen molar-refractivity contribution in [2.45, 2.75) is 58.1 Å². The molecule has 1 heterocycles. The van der Waals surface area contributed by atoms with E-state index in [-0.39, 0.29) is 30.1 Å². The minimum absolute atomic E-state index is 0.0192. The highest BCUT2D eigenvalue weighted by atomic mass is 35.5. The monoisotopic (exact) mass is 474 g/mol. The molecule has 0 atom stereocenters. The first-order valence-corrected chi connectivity index (χ1v) is 11.2. The van der Waals surface area contributed by atoms with Crippen LogP contribution in [0.4, 0.5) is 0 Å². The van der Waals surface area contributed by atoms with Gasteiger partial charge >= 0.3 is 0 Å². The number of nitrogens with one attached hydrogen (secondary N) is 1. The number of carbonyl (C=O) groups is 1. The molecule has 1 N–H and O–H groups in total. The van der Waals surface area contributed by atoms with Crippen molar-refractivity contribution in [3.8, 4) is 5.75 Å². The van der Waals surface area contributed by atoms with E-state index < -0.39 is 0 Å². The van der Waals surface area contributed by atoms with Crippen molar-refractivity contribution in [3.63, 3.8) is 0 Å². The van der Waals surface area contributed by atoms with Crippen LogP contribution in [-0.2, 0) is 21.6 Å². The summed E-state index contributed by atoms with van der Waals surface area (Å²) in [5.41, 5.74) is 1.27. The number of hydrogen-bond acceptors (Lipinski definition) is 7. The lowest BCUT2D eigenvalue weighted by Gasteiger charge is -2.51. The highest BCUT2D eigenvalue weighted by molar-refractivity contribution is 6.30. The molecule has 0 aliphatic heterocycles. The van der Waals surface area contributed by atoms with Gasteiger partial charge in [-0.1, -0.05) is 29.3 Å². The number of carbonyl (C=O) groups excluding carboxylic acids is 1. The van der Waals surface area contributed by atoms with Gasteiger partial charge in [-0.2, -0.15) is 4.98 Å². The summed E-state index contributed by atoms with van der Waals surface area (Å²) >= 11 is 5.88. The average Bonchev–Trinajstić information content (AvgIpc) is 3.21. The zero-order valence-electron chi connectivity index (χ0n) is 19.8. The molecule has 1 aliphatic carbocycles. The van der Waals surface area contributed by atoms with Crippen molar-refractivity contribution in [1.82, 2.24) is 15.5 Å². The molecule has 0 bridgehead atoms. The third-order valence-corrected chi connectivity index (χ3v) is 5.65. The quantitative estimate of drug-likeness (QED) is 0.516. The molecule has 2 aromatic rings. The predicted molar refractivity (Wildman–Crippen MR) is 127 cm³/mol. The van der Waals surface area contributed by atoms with Gasteiger partial charge in [0.2, 0.25) is 17.6 Å². The van der Waals surface area contributed by atoms with Gasteiger partial charge in [-0.3, -0.25) is 9.79 Å². The highest BCUT2D eigenvalue weighted by Gasteiger charge is 2.53. The Morgan fingerprint density at radius 1 is 1.24 bits per heavy atom. The molecule has 3 rings (SSSR count). The lowest BCUT2D eigenvalue weighted by atomic mass is 9.59. The first-order chi connectivity index (χ1) is 15.6. The number of halogens is 1. The fraction of sp³-hybridized carbons (Fsp3) is 0.500. The Morgan fingerprint density at radius 3 is 2.58 bits per heavy atom. The van der Waals surface area contributed by atoms with E-state index in [1.165, 1.54) is 0 Å². The Hall–Kier alpha value is -2.71. The van der Waals surface area contributed by atoms with Gasteiger partial charge in [-0.05, 0) is 64.0 Å². The lowest BCUT2D eigenvalue weighted by Crippen LogP contribution is -2.61. The summed E-state index contributed by atoms with van der Waals surface area (Å²) in [6.07, 6.45) is 3.31. The van der Waals surface area contributed by atoms with Gasteiger partial charge in [0.15, 0.2) is 6.61 Å². The van der Waals surface area contributed by atoms with Crippen LogP contribution in [0.5, 0.6) is 5.75 Å². The molecule has 1 aromatic heterocycles. The first-order valence-electron chi connectivity index (χ1n) is 10.8. The van der Waals surface area contributed by atoms with E-state index >= 15 is 0 Å². The SMILES string of the molecule is CN=C(C=C(C)C)COCC(=O)NC1(C)CC(C)(c2nc(COc3ccc(Cl)cc3)no2)C1. The Balaban J connectivity index is 1.46. The number of benzene rings is 1. The number of hydrogen-bond donors (Lipinski definition) is 1. The van der Waals surface area contributed by atoms with Crippen molar-refractivity contribution in [3.05, 3.63) is 52.7 Å². The molecule has 1 saturated carbocycles. The second-order valence-electron chi connectivity index (χ2n) is 9.21. The molecule has 0 radical (unpaired) electrons. The fourth-order valence-corrected chi connectivity index (χ4v) is 4.40. The van der Waals surface area contributed by atoms with E-state index in [1.54, 1.807) is 31.3 Å². The Morgan fingerprint density at radius 2 is 1.94 bits per heavy atom. The van der Waals surface area contributed by atoms with E-state index in [4.69, 9.17) is 25.6 Å². The molecular weight excluding hydrogens is 444 g/mol. The van der Waals surface area contributed by atoms with E-state index in [0.717, 1.165) is 11.3 Å². The molecule has 178 valence electrons. The van der Waals surface area contributed by atoms with Gasteiger partial charge in [-0.25, -0.2) is 0 Å². The smallest absolute Gasteiger partial charge is 0.246 e. The summed E-state index contributed by atoms with van der Waals surface area (Å²) in [5, 5.41) is 7.74. The van der Waals surface area contributed by atoms with Crippen molar-refractivity contribution in [2.24, 2.45) is 4.99 Å². The molecule has 0 spiro atoms. The minimum Gasteiger partial charge on any atom is -0.485 e. The van der Waals surface area contributed by atoms with Crippen LogP contribution in [0.3, 0.4) is 0 Å². The lowest BCUT2D eigenvalue weighted by molar-refractivity contribution is -0.129. The maximum Gasteiger partial charge on any atom is 0.246 e. The number of nitrogens with zero attached hydrogens (tertiary/aromatic N) is 3. The normalized spacial score (nSPS) is 22.4. The van der Waals surface area contributed by atoms with Gasteiger partial charge in [0, 0.05) is 17.6 Å². The van der Waals surface area contributed by atoms with Crippen molar-refractivity contribution >= 4 is 23.2 Å². The van der Waals surface area contributed by atoms with Gasteiger partial charge in [-0.15, -0.1) is 0 Å². The third kappa shape index (κ3) is 6.88. The molecule has 9 heteroatoms. The third-order valence-electron chi connectivity index (χ3n) is 5.39. The van der Waals surface area contributed by atoms with Gasteiger partial charge < -0.3 is 19.3 Å². The second-order valence-corrected chi connectivity index (χ2v) is 9.65. The zero-order chi connectivity index (χ0) is 24.1. The summed E-state index contributed by atoms with van der Waals surface area (Å²) < 4.78 is 16.7. The molecule has 1 aliphatic rings. The Labute approximate surface area is 199 Å². The molecular formula is C24H31ClN4O4. The maximum absolute atomic E-state index is 12.4. The summed E-state index contributed by atoms with van der Waals surface area (Å²) in [6.45, 7) is 8.52. The van der Waals surface area contributed by atoms with Crippen molar-refractivity contribution in [2.75, 3.05) is 20.3 Å². The zero-order valence-corrected chi connectivity index (χ0v) is 20.5. The topological polar surface area (TPSA) is 98.8 Å². The first kappa shape index (κ1) is 24.9. The van der Waals surface area contributed by atoms with E-state index in [0.29, 0.717) is 41.9 Å². The second kappa shape index (κ2) is 10.5.